The van der Waals surface area contributed by atoms with Crippen molar-refractivity contribution in [3.05, 3.63) is 35.1 Å². The quantitative estimate of drug-likeness (QED) is 0.379. The molecule has 0 radical (unpaired) electrons. The van der Waals surface area contributed by atoms with Crippen LogP contribution in [-0.2, 0) is 13.1 Å². The lowest BCUT2D eigenvalue weighted by atomic mass is 10.1. The Balaban J connectivity index is 0.00000529. The molecular formula is C18H32FIN4. The van der Waals surface area contributed by atoms with Gasteiger partial charge in [-0.05, 0) is 51.6 Å². The molecule has 1 unspecified atom stereocenters. The second-order valence-electron chi connectivity index (χ2n) is 6.54. The normalized spacial score (nSPS) is 13.0. The van der Waals surface area contributed by atoms with E-state index < -0.39 is 0 Å². The molecule has 0 fully saturated rings. The van der Waals surface area contributed by atoms with E-state index in [-0.39, 0.29) is 29.8 Å². The van der Waals surface area contributed by atoms with Gasteiger partial charge in [-0.3, -0.25) is 0 Å². The first kappa shape index (κ1) is 23.1. The molecule has 6 heteroatoms. The molecule has 24 heavy (non-hydrogen) atoms. The van der Waals surface area contributed by atoms with Gasteiger partial charge in [-0.15, -0.1) is 24.0 Å². The monoisotopic (exact) mass is 450 g/mol. The third-order valence-electron chi connectivity index (χ3n) is 3.73. The Morgan fingerprint density at radius 3 is 2.46 bits per heavy atom. The van der Waals surface area contributed by atoms with Gasteiger partial charge in [0.1, 0.15) is 5.82 Å². The SMILES string of the molecule is CCNC(=NCc1ccc(F)c(CN(C)C)c1)NC(C)C(C)C.I. The minimum Gasteiger partial charge on any atom is -0.357 e. The molecule has 1 aromatic rings. The highest BCUT2D eigenvalue weighted by Gasteiger charge is 2.09. The van der Waals surface area contributed by atoms with Crippen LogP contribution in [0.2, 0.25) is 0 Å². The Morgan fingerprint density at radius 2 is 1.92 bits per heavy atom. The summed E-state index contributed by atoms with van der Waals surface area (Å²) in [5, 5.41) is 6.66. The van der Waals surface area contributed by atoms with E-state index in [2.05, 4.69) is 36.4 Å². The number of halogens is 2. The summed E-state index contributed by atoms with van der Waals surface area (Å²) >= 11 is 0. The van der Waals surface area contributed by atoms with Crippen LogP contribution in [0.1, 0.15) is 38.8 Å². The van der Waals surface area contributed by atoms with E-state index in [4.69, 9.17) is 0 Å². The lowest BCUT2D eigenvalue weighted by molar-refractivity contribution is 0.392. The third-order valence-corrected chi connectivity index (χ3v) is 3.73. The number of nitrogens with one attached hydrogen (secondary N) is 2. The van der Waals surface area contributed by atoms with Gasteiger partial charge in [0.25, 0.3) is 0 Å². The summed E-state index contributed by atoms with van der Waals surface area (Å²) in [5.41, 5.74) is 1.72. The zero-order valence-corrected chi connectivity index (χ0v) is 18.0. The second-order valence-corrected chi connectivity index (χ2v) is 6.54. The van der Waals surface area contributed by atoms with Crippen molar-refractivity contribution in [2.24, 2.45) is 10.9 Å². The molecule has 1 atom stereocenters. The predicted molar refractivity (Wildman–Crippen MR) is 111 cm³/mol. The number of hydrogen-bond donors (Lipinski definition) is 2. The van der Waals surface area contributed by atoms with E-state index in [1.54, 1.807) is 6.07 Å². The van der Waals surface area contributed by atoms with Gasteiger partial charge in [0.05, 0.1) is 6.54 Å². The molecule has 0 aliphatic heterocycles. The molecule has 0 spiro atoms. The van der Waals surface area contributed by atoms with Crippen molar-refractivity contribution in [2.75, 3.05) is 20.6 Å². The van der Waals surface area contributed by atoms with Crippen LogP contribution in [0.4, 0.5) is 4.39 Å². The Kier molecular flexibility index (Phi) is 11.2. The van der Waals surface area contributed by atoms with Gasteiger partial charge in [-0.1, -0.05) is 19.9 Å². The van der Waals surface area contributed by atoms with Gasteiger partial charge in [-0.25, -0.2) is 9.38 Å². The lowest BCUT2D eigenvalue weighted by Gasteiger charge is -2.20. The minimum absolute atomic E-state index is 0. The maximum absolute atomic E-state index is 13.8. The molecule has 0 aliphatic carbocycles. The van der Waals surface area contributed by atoms with E-state index in [1.807, 2.05) is 32.0 Å². The zero-order chi connectivity index (χ0) is 17.4. The van der Waals surface area contributed by atoms with Gasteiger partial charge in [0.2, 0.25) is 0 Å². The molecule has 138 valence electrons. The van der Waals surface area contributed by atoms with Crippen molar-refractivity contribution in [3.8, 4) is 0 Å². The molecule has 2 N–H and O–H groups in total. The molecular weight excluding hydrogens is 418 g/mol. The highest BCUT2D eigenvalue weighted by molar-refractivity contribution is 14.0. The summed E-state index contributed by atoms with van der Waals surface area (Å²) in [6.45, 7) is 10.5. The number of aliphatic imine (C=N–C) groups is 1. The van der Waals surface area contributed by atoms with Crippen LogP contribution >= 0.6 is 24.0 Å². The maximum atomic E-state index is 13.8. The Morgan fingerprint density at radius 1 is 1.25 bits per heavy atom. The van der Waals surface area contributed by atoms with Gasteiger partial charge in [-0.2, -0.15) is 0 Å². The molecule has 4 nitrogen and oxygen atoms in total. The van der Waals surface area contributed by atoms with Crippen molar-refractivity contribution >= 4 is 29.9 Å². The Bertz CT molecular complexity index is 518. The fourth-order valence-corrected chi connectivity index (χ4v) is 2.06. The summed E-state index contributed by atoms with van der Waals surface area (Å²) in [5.74, 6) is 1.16. The van der Waals surface area contributed by atoms with E-state index in [0.29, 0.717) is 30.6 Å². The van der Waals surface area contributed by atoms with Crippen LogP contribution in [0.5, 0.6) is 0 Å². The lowest BCUT2D eigenvalue weighted by Crippen LogP contribution is -2.44. The van der Waals surface area contributed by atoms with Crippen LogP contribution < -0.4 is 10.6 Å². The number of guanidine groups is 1. The van der Waals surface area contributed by atoms with E-state index in [0.717, 1.165) is 18.1 Å². The molecule has 0 bridgehead atoms. The van der Waals surface area contributed by atoms with Crippen molar-refractivity contribution in [2.45, 2.75) is 46.8 Å². The van der Waals surface area contributed by atoms with E-state index >= 15 is 0 Å². The largest absolute Gasteiger partial charge is 0.357 e. The van der Waals surface area contributed by atoms with Crippen LogP contribution in [0.25, 0.3) is 0 Å². The smallest absolute Gasteiger partial charge is 0.191 e. The molecule has 0 saturated carbocycles. The fourth-order valence-electron chi connectivity index (χ4n) is 2.06. The molecule has 0 saturated heterocycles. The number of nitrogens with zero attached hydrogens (tertiary/aromatic N) is 2. The summed E-state index contributed by atoms with van der Waals surface area (Å²) in [6.07, 6.45) is 0. The number of hydrogen-bond acceptors (Lipinski definition) is 2. The first-order valence-corrected chi connectivity index (χ1v) is 8.30. The van der Waals surface area contributed by atoms with Crippen molar-refractivity contribution in [1.82, 2.24) is 15.5 Å². The molecule has 0 aliphatic rings. The highest BCUT2D eigenvalue weighted by atomic mass is 127. The standard InChI is InChI=1S/C18H31FN4.HI/c1-7-20-18(22-14(4)13(2)3)21-11-15-8-9-17(19)16(10-15)12-23(5)6;/h8-10,13-14H,7,11-12H2,1-6H3,(H2,20,21,22);1H. The van der Waals surface area contributed by atoms with Gasteiger partial charge in [0, 0.05) is 24.7 Å². The predicted octanol–water partition coefficient (Wildman–Crippen LogP) is 3.60. The summed E-state index contributed by atoms with van der Waals surface area (Å²) < 4.78 is 13.8. The first-order valence-electron chi connectivity index (χ1n) is 8.30. The van der Waals surface area contributed by atoms with E-state index in [1.165, 1.54) is 6.07 Å². The maximum Gasteiger partial charge on any atom is 0.191 e. The molecule has 0 aromatic heterocycles. The summed E-state index contributed by atoms with van der Waals surface area (Å²) in [7, 11) is 3.87. The average Bonchev–Trinajstić information content (AvgIpc) is 2.47. The van der Waals surface area contributed by atoms with Crippen LogP contribution in [0.15, 0.2) is 23.2 Å². The highest BCUT2D eigenvalue weighted by Crippen LogP contribution is 2.13. The molecule has 1 rings (SSSR count). The van der Waals surface area contributed by atoms with Gasteiger partial charge >= 0.3 is 0 Å². The van der Waals surface area contributed by atoms with Gasteiger partial charge in [0.15, 0.2) is 5.96 Å². The third kappa shape index (κ3) is 8.28. The molecule has 1 aromatic carbocycles. The van der Waals surface area contributed by atoms with Crippen LogP contribution in [-0.4, -0.2) is 37.5 Å². The average molecular weight is 450 g/mol. The number of benzene rings is 1. The minimum atomic E-state index is -0.162. The molecule has 0 heterocycles. The zero-order valence-electron chi connectivity index (χ0n) is 15.7. The van der Waals surface area contributed by atoms with Crippen molar-refractivity contribution < 1.29 is 4.39 Å². The Labute approximate surface area is 163 Å². The Hall–Kier alpha value is -0.890. The first-order chi connectivity index (χ1) is 10.8. The van der Waals surface area contributed by atoms with Gasteiger partial charge < -0.3 is 15.5 Å². The van der Waals surface area contributed by atoms with Crippen LogP contribution in [0.3, 0.4) is 0 Å². The fraction of sp³-hybridized carbons (Fsp3) is 0.611. The summed E-state index contributed by atoms with van der Waals surface area (Å²) in [6, 6.07) is 5.56. The van der Waals surface area contributed by atoms with Crippen LogP contribution in [0, 0.1) is 11.7 Å². The second kappa shape index (κ2) is 11.6. The number of rotatable bonds is 7. The molecule has 0 amide bonds. The van der Waals surface area contributed by atoms with Crippen molar-refractivity contribution in [3.63, 3.8) is 0 Å². The van der Waals surface area contributed by atoms with E-state index in [9.17, 15) is 4.39 Å². The topological polar surface area (TPSA) is 39.7 Å². The van der Waals surface area contributed by atoms with Crippen molar-refractivity contribution in [1.29, 1.82) is 0 Å². The summed E-state index contributed by atoms with van der Waals surface area (Å²) in [4.78, 5) is 6.57.